The van der Waals surface area contributed by atoms with Gasteiger partial charge in [0.15, 0.2) is 0 Å². The molecule has 0 bridgehead atoms. The molecule has 0 aromatic carbocycles. The molecule has 1 saturated heterocycles. The molecule has 0 aliphatic carbocycles. The van der Waals surface area contributed by atoms with Crippen LogP contribution in [0.15, 0.2) is 0 Å². The Labute approximate surface area is 73.0 Å². The van der Waals surface area contributed by atoms with Crippen molar-refractivity contribution in [2.75, 3.05) is 6.61 Å². The summed E-state index contributed by atoms with van der Waals surface area (Å²) in [5.41, 5.74) is 0. The third kappa shape index (κ3) is 2.21. The van der Waals surface area contributed by atoms with Gasteiger partial charge in [0.25, 0.3) is 0 Å². The Kier molecular flexibility index (Phi) is 3.09. The average molecular weight is 172 g/mol. The monoisotopic (exact) mass is 172 g/mol. The second kappa shape index (κ2) is 3.90. The molecule has 3 heteroatoms. The van der Waals surface area contributed by atoms with Crippen LogP contribution in [0.5, 0.6) is 0 Å². The Morgan fingerprint density at radius 1 is 1.58 bits per heavy atom. The molecular formula is C9H16O3. The summed E-state index contributed by atoms with van der Waals surface area (Å²) in [5.74, 6) is 0.202. The molecule has 1 aliphatic heterocycles. The van der Waals surface area contributed by atoms with Gasteiger partial charge in [0.1, 0.15) is 6.10 Å². The lowest BCUT2D eigenvalue weighted by Gasteiger charge is -2.21. The van der Waals surface area contributed by atoms with E-state index in [0.29, 0.717) is 12.5 Å². The van der Waals surface area contributed by atoms with Crippen LogP contribution < -0.4 is 0 Å². The maximum absolute atomic E-state index is 10.7. The van der Waals surface area contributed by atoms with Gasteiger partial charge in [-0.05, 0) is 5.92 Å². The van der Waals surface area contributed by atoms with E-state index in [1.54, 1.807) is 0 Å². The standard InChI is InChI=1S/C9H16O3/c1-6(2)9-8(4-5-11-9)12-7(3)10/h6,8-9H,4-5H2,1-3H3/t8-,9-/m0/s1. The molecule has 0 unspecified atom stereocenters. The zero-order chi connectivity index (χ0) is 9.14. The van der Waals surface area contributed by atoms with Crippen LogP contribution in [-0.2, 0) is 14.3 Å². The summed E-state index contributed by atoms with van der Waals surface area (Å²) < 4.78 is 10.6. The van der Waals surface area contributed by atoms with E-state index in [4.69, 9.17) is 9.47 Å². The van der Waals surface area contributed by atoms with Crippen LogP contribution in [0, 0.1) is 5.92 Å². The lowest BCUT2D eigenvalue weighted by molar-refractivity contribution is -0.150. The van der Waals surface area contributed by atoms with E-state index in [9.17, 15) is 4.79 Å². The average Bonchev–Trinajstić information content (AvgIpc) is 2.33. The molecule has 1 fully saturated rings. The van der Waals surface area contributed by atoms with Gasteiger partial charge in [0.05, 0.1) is 12.7 Å². The first-order chi connectivity index (χ1) is 5.61. The second-order valence-electron chi connectivity index (χ2n) is 3.52. The number of carbonyl (C=O) groups is 1. The third-order valence-electron chi connectivity index (χ3n) is 2.05. The van der Waals surface area contributed by atoms with Crippen LogP contribution in [0.2, 0.25) is 0 Å². The highest BCUT2D eigenvalue weighted by Gasteiger charge is 2.32. The van der Waals surface area contributed by atoms with Gasteiger partial charge in [-0.25, -0.2) is 0 Å². The second-order valence-corrected chi connectivity index (χ2v) is 3.52. The zero-order valence-corrected chi connectivity index (χ0v) is 7.87. The van der Waals surface area contributed by atoms with Crippen LogP contribution in [0.1, 0.15) is 27.2 Å². The molecular weight excluding hydrogens is 156 g/mol. The maximum Gasteiger partial charge on any atom is 0.302 e. The predicted octanol–water partition coefficient (Wildman–Crippen LogP) is 1.36. The summed E-state index contributed by atoms with van der Waals surface area (Å²) in [6.45, 7) is 6.30. The summed E-state index contributed by atoms with van der Waals surface area (Å²) in [7, 11) is 0. The Morgan fingerprint density at radius 2 is 2.25 bits per heavy atom. The van der Waals surface area contributed by atoms with Crippen molar-refractivity contribution in [2.24, 2.45) is 5.92 Å². The maximum atomic E-state index is 10.7. The molecule has 0 amide bonds. The van der Waals surface area contributed by atoms with E-state index < -0.39 is 0 Å². The highest BCUT2D eigenvalue weighted by molar-refractivity contribution is 5.66. The molecule has 70 valence electrons. The minimum atomic E-state index is -0.212. The van der Waals surface area contributed by atoms with E-state index in [1.807, 2.05) is 0 Å². The quantitative estimate of drug-likeness (QED) is 0.590. The van der Waals surface area contributed by atoms with E-state index in [0.717, 1.165) is 6.42 Å². The number of rotatable bonds is 2. The van der Waals surface area contributed by atoms with Crippen molar-refractivity contribution in [1.82, 2.24) is 0 Å². The normalized spacial score (nSPS) is 29.3. The van der Waals surface area contributed by atoms with Gasteiger partial charge in [0, 0.05) is 13.3 Å². The lowest BCUT2D eigenvalue weighted by atomic mass is 10.0. The molecule has 0 saturated carbocycles. The molecule has 2 atom stereocenters. The van der Waals surface area contributed by atoms with Gasteiger partial charge < -0.3 is 9.47 Å². The number of esters is 1. The third-order valence-corrected chi connectivity index (χ3v) is 2.05. The molecule has 0 aromatic rings. The fraction of sp³-hybridized carbons (Fsp3) is 0.889. The molecule has 1 rings (SSSR count). The topological polar surface area (TPSA) is 35.5 Å². The predicted molar refractivity (Wildman–Crippen MR) is 44.7 cm³/mol. The first-order valence-electron chi connectivity index (χ1n) is 4.40. The molecule has 0 spiro atoms. The Balaban J connectivity index is 2.46. The first kappa shape index (κ1) is 9.52. The van der Waals surface area contributed by atoms with Crippen molar-refractivity contribution in [3.63, 3.8) is 0 Å². The molecule has 1 aliphatic rings. The fourth-order valence-electron chi connectivity index (χ4n) is 1.55. The van der Waals surface area contributed by atoms with Gasteiger partial charge in [-0.15, -0.1) is 0 Å². The summed E-state index contributed by atoms with van der Waals surface area (Å²) in [6.07, 6.45) is 0.902. The van der Waals surface area contributed by atoms with Gasteiger partial charge >= 0.3 is 5.97 Å². The van der Waals surface area contributed by atoms with Crippen LogP contribution in [0.3, 0.4) is 0 Å². The van der Waals surface area contributed by atoms with Gasteiger partial charge in [-0.2, -0.15) is 0 Å². The Bertz CT molecular complexity index is 165. The van der Waals surface area contributed by atoms with Gasteiger partial charge in [0.2, 0.25) is 0 Å². The van der Waals surface area contributed by atoms with Crippen molar-refractivity contribution in [2.45, 2.75) is 39.4 Å². The van der Waals surface area contributed by atoms with E-state index >= 15 is 0 Å². The Morgan fingerprint density at radius 3 is 2.75 bits per heavy atom. The van der Waals surface area contributed by atoms with Crippen molar-refractivity contribution in [3.8, 4) is 0 Å². The van der Waals surface area contributed by atoms with E-state index in [-0.39, 0.29) is 18.2 Å². The number of ether oxygens (including phenoxy) is 2. The van der Waals surface area contributed by atoms with Gasteiger partial charge in [-0.1, -0.05) is 13.8 Å². The van der Waals surface area contributed by atoms with Crippen molar-refractivity contribution in [1.29, 1.82) is 0 Å². The van der Waals surface area contributed by atoms with Crippen LogP contribution in [0.25, 0.3) is 0 Å². The van der Waals surface area contributed by atoms with Crippen LogP contribution in [-0.4, -0.2) is 24.8 Å². The first-order valence-corrected chi connectivity index (χ1v) is 4.40. The summed E-state index contributed by atoms with van der Waals surface area (Å²) in [5, 5.41) is 0. The smallest absolute Gasteiger partial charge is 0.302 e. The number of hydrogen-bond donors (Lipinski definition) is 0. The summed E-state index contributed by atoms with van der Waals surface area (Å²) >= 11 is 0. The summed E-state index contributed by atoms with van der Waals surface area (Å²) in [4.78, 5) is 10.7. The van der Waals surface area contributed by atoms with Crippen LogP contribution in [0.4, 0.5) is 0 Å². The molecule has 3 nitrogen and oxygen atoms in total. The summed E-state index contributed by atoms with van der Waals surface area (Å²) in [6, 6.07) is 0. The molecule has 0 aromatic heterocycles. The highest BCUT2D eigenvalue weighted by Crippen LogP contribution is 2.23. The van der Waals surface area contributed by atoms with E-state index in [2.05, 4.69) is 13.8 Å². The fourth-order valence-corrected chi connectivity index (χ4v) is 1.55. The Hall–Kier alpha value is -0.570. The highest BCUT2D eigenvalue weighted by atomic mass is 16.6. The number of hydrogen-bond acceptors (Lipinski definition) is 3. The van der Waals surface area contributed by atoms with Crippen molar-refractivity contribution < 1.29 is 14.3 Å². The van der Waals surface area contributed by atoms with Crippen LogP contribution >= 0.6 is 0 Å². The molecule has 0 N–H and O–H groups in total. The van der Waals surface area contributed by atoms with Gasteiger partial charge in [-0.3, -0.25) is 4.79 Å². The minimum Gasteiger partial charge on any atom is -0.460 e. The van der Waals surface area contributed by atoms with Crippen molar-refractivity contribution in [3.05, 3.63) is 0 Å². The number of carbonyl (C=O) groups excluding carboxylic acids is 1. The zero-order valence-electron chi connectivity index (χ0n) is 7.87. The van der Waals surface area contributed by atoms with Crippen molar-refractivity contribution >= 4 is 5.97 Å². The van der Waals surface area contributed by atoms with E-state index in [1.165, 1.54) is 6.92 Å². The molecule has 0 radical (unpaired) electrons. The molecule has 1 heterocycles. The lowest BCUT2D eigenvalue weighted by Crippen LogP contribution is -2.30. The largest absolute Gasteiger partial charge is 0.460 e. The minimum absolute atomic E-state index is 0.0255. The SMILES string of the molecule is CC(=O)O[C@H]1CCO[C@H]1C(C)C. The molecule has 12 heavy (non-hydrogen) atoms.